The van der Waals surface area contributed by atoms with Gasteiger partial charge in [-0.25, -0.2) is 4.79 Å². The summed E-state index contributed by atoms with van der Waals surface area (Å²) in [6.45, 7) is 3.09. The van der Waals surface area contributed by atoms with Crippen LogP contribution in [0.5, 0.6) is 0 Å². The van der Waals surface area contributed by atoms with Crippen molar-refractivity contribution in [2.24, 2.45) is 0 Å². The van der Waals surface area contributed by atoms with Gasteiger partial charge in [-0.3, -0.25) is 0 Å². The molecule has 0 fully saturated rings. The molecular weight excluding hydrogens is 208 g/mol. The van der Waals surface area contributed by atoms with Crippen molar-refractivity contribution in [1.82, 2.24) is 0 Å². The van der Waals surface area contributed by atoms with Gasteiger partial charge >= 0.3 is 5.97 Å². The normalized spacial score (nSPS) is 27.9. The van der Waals surface area contributed by atoms with E-state index in [4.69, 9.17) is 16.3 Å². The van der Waals surface area contributed by atoms with Gasteiger partial charge in [0.05, 0.1) is 17.1 Å². The third kappa shape index (κ3) is 2.26. The Morgan fingerprint density at radius 2 is 2.07 bits per heavy atom. The summed E-state index contributed by atoms with van der Waals surface area (Å²) in [5.74, 6) is -0.615. The first kappa shape index (κ1) is 11.5. The summed E-state index contributed by atoms with van der Waals surface area (Å²) in [7, 11) is 0. The first-order chi connectivity index (χ1) is 6.43. The predicted molar refractivity (Wildman–Crippen MR) is 51.0 cm³/mol. The Morgan fingerprint density at radius 1 is 1.50 bits per heavy atom. The van der Waals surface area contributed by atoms with Gasteiger partial charge < -0.3 is 14.9 Å². The Kier molecular flexibility index (Phi) is 3.53. The number of carbonyl (C=O) groups excluding carboxylic acids is 1. The average Bonchev–Trinajstić information content (AvgIpc) is 2.46. The van der Waals surface area contributed by atoms with E-state index in [0.717, 1.165) is 0 Å². The van der Waals surface area contributed by atoms with Crippen molar-refractivity contribution >= 4 is 17.6 Å². The number of halogens is 1. The zero-order valence-corrected chi connectivity index (χ0v) is 8.73. The van der Waals surface area contributed by atoms with E-state index in [0.29, 0.717) is 0 Å². The summed E-state index contributed by atoms with van der Waals surface area (Å²) in [5, 5.41) is 18.1. The maximum atomic E-state index is 11.2. The molecule has 0 aromatic rings. The zero-order chi connectivity index (χ0) is 10.9. The molecule has 0 amide bonds. The Labute approximate surface area is 87.1 Å². The molecular formula is C9H13ClO4. The van der Waals surface area contributed by atoms with Crippen molar-refractivity contribution in [3.63, 3.8) is 0 Å². The molecule has 4 atom stereocenters. The summed E-state index contributed by atoms with van der Waals surface area (Å²) in [6.07, 6.45) is -1.10. The highest BCUT2D eigenvalue weighted by molar-refractivity contribution is 6.21. The van der Waals surface area contributed by atoms with E-state index in [-0.39, 0.29) is 5.57 Å². The fraction of sp³-hybridized carbons (Fsp3) is 0.667. The van der Waals surface area contributed by atoms with Crippen LogP contribution >= 0.6 is 11.6 Å². The third-order valence-electron chi connectivity index (χ3n) is 2.05. The average molecular weight is 221 g/mol. The van der Waals surface area contributed by atoms with Crippen molar-refractivity contribution in [3.05, 3.63) is 11.6 Å². The van der Waals surface area contributed by atoms with Gasteiger partial charge in [0.15, 0.2) is 0 Å². The van der Waals surface area contributed by atoms with Gasteiger partial charge in [-0.2, -0.15) is 0 Å². The predicted octanol–water partition coefficient (Wildman–Crippen LogP) is 0.207. The lowest BCUT2D eigenvalue weighted by Crippen LogP contribution is -2.24. The molecule has 5 heteroatoms. The van der Waals surface area contributed by atoms with Crippen LogP contribution in [0.15, 0.2) is 11.6 Å². The van der Waals surface area contributed by atoms with Crippen LogP contribution in [0.1, 0.15) is 13.8 Å². The smallest absolute Gasteiger partial charge is 0.337 e. The molecule has 1 aliphatic rings. The fourth-order valence-electron chi connectivity index (χ4n) is 1.18. The molecule has 0 aromatic carbocycles. The highest BCUT2D eigenvalue weighted by Gasteiger charge is 2.34. The van der Waals surface area contributed by atoms with E-state index < -0.39 is 29.7 Å². The van der Waals surface area contributed by atoms with Gasteiger partial charge in [-0.05, 0) is 19.9 Å². The lowest BCUT2D eigenvalue weighted by molar-refractivity contribution is -0.144. The molecule has 80 valence electrons. The number of alkyl halides is 1. The van der Waals surface area contributed by atoms with Gasteiger partial charge in [-0.15, -0.1) is 11.6 Å². The number of ether oxygens (including phenoxy) is 1. The fourth-order valence-corrected chi connectivity index (χ4v) is 1.31. The van der Waals surface area contributed by atoms with Crippen molar-refractivity contribution in [2.45, 2.75) is 37.5 Å². The Bertz CT molecular complexity index is 260. The number of esters is 1. The molecule has 0 radical (unpaired) electrons. The molecule has 0 spiro atoms. The summed E-state index contributed by atoms with van der Waals surface area (Å²) in [6, 6.07) is 0. The van der Waals surface area contributed by atoms with Crippen molar-refractivity contribution in [1.29, 1.82) is 0 Å². The molecule has 0 saturated heterocycles. The van der Waals surface area contributed by atoms with Gasteiger partial charge in [0.2, 0.25) is 0 Å². The van der Waals surface area contributed by atoms with Crippen LogP contribution in [0.25, 0.3) is 0 Å². The second kappa shape index (κ2) is 4.29. The van der Waals surface area contributed by atoms with Gasteiger partial charge in [0, 0.05) is 0 Å². The number of hydrogen-bond donors (Lipinski definition) is 2. The van der Waals surface area contributed by atoms with Gasteiger partial charge in [0.1, 0.15) is 12.2 Å². The highest BCUT2D eigenvalue weighted by Crippen LogP contribution is 2.22. The molecule has 14 heavy (non-hydrogen) atoms. The quantitative estimate of drug-likeness (QED) is 0.527. The number of hydrogen-bond acceptors (Lipinski definition) is 4. The second-order valence-electron chi connectivity index (χ2n) is 3.35. The number of carbonyl (C=O) groups is 1. The molecule has 4 nitrogen and oxygen atoms in total. The second-order valence-corrected chi connectivity index (χ2v) is 4.04. The summed E-state index contributed by atoms with van der Waals surface area (Å²) >= 11 is 5.64. The molecule has 0 aliphatic carbocycles. The molecule has 0 saturated carbocycles. The SMILES string of the molecule is CC(O)C1C=C(C(O)C(C)Cl)C(=O)O1. The summed E-state index contributed by atoms with van der Waals surface area (Å²) in [5.41, 5.74) is 0.124. The lowest BCUT2D eigenvalue weighted by Gasteiger charge is -2.11. The van der Waals surface area contributed by atoms with Crippen LogP contribution in [0.2, 0.25) is 0 Å². The highest BCUT2D eigenvalue weighted by atomic mass is 35.5. The molecule has 4 unspecified atom stereocenters. The number of aliphatic hydroxyl groups excluding tert-OH is 2. The van der Waals surface area contributed by atoms with Crippen molar-refractivity contribution in [2.75, 3.05) is 0 Å². The Morgan fingerprint density at radius 3 is 2.43 bits per heavy atom. The minimum absolute atomic E-state index is 0.124. The van der Waals surface area contributed by atoms with Crippen LogP contribution in [0, 0.1) is 0 Å². The molecule has 0 bridgehead atoms. The Balaban J connectivity index is 2.78. The van der Waals surface area contributed by atoms with E-state index in [9.17, 15) is 15.0 Å². The van der Waals surface area contributed by atoms with E-state index in [1.807, 2.05) is 0 Å². The largest absolute Gasteiger partial charge is 0.452 e. The molecule has 1 rings (SSSR count). The van der Waals surface area contributed by atoms with Crippen LogP contribution in [0.4, 0.5) is 0 Å². The topological polar surface area (TPSA) is 66.8 Å². The maximum absolute atomic E-state index is 11.2. The van der Waals surface area contributed by atoms with Crippen LogP contribution < -0.4 is 0 Å². The lowest BCUT2D eigenvalue weighted by atomic mass is 10.1. The van der Waals surface area contributed by atoms with Gasteiger partial charge in [0.25, 0.3) is 0 Å². The molecule has 2 N–H and O–H groups in total. The zero-order valence-electron chi connectivity index (χ0n) is 7.98. The summed E-state index contributed by atoms with van der Waals surface area (Å²) < 4.78 is 4.81. The first-order valence-corrected chi connectivity index (χ1v) is 4.80. The summed E-state index contributed by atoms with van der Waals surface area (Å²) in [4.78, 5) is 11.2. The number of aliphatic hydroxyl groups is 2. The van der Waals surface area contributed by atoms with Crippen LogP contribution in [-0.2, 0) is 9.53 Å². The van der Waals surface area contributed by atoms with E-state index in [2.05, 4.69) is 0 Å². The van der Waals surface area contributed by atoms with Crippen LogP contribution in [-0.4, -0.2) is 39.9 Å². The molecule has 0 aromatic heterocycles. The minimum atomic E-state index is -1.05. The minimum Gasteiger partial charge on any atom is -0.452 e. The Hall–Kier alpha value is -0.580. The van der Waals surface area contributed by atoms with Crippen LogP contribution in [0.3, 0.4) is 0 Å². The number of rotatable bonds is 3. The molecule has 1 aliphatic heterocycles. The molecule has 1 heterocycles. The van der Waals surface area contributed by atoms with E-state index >= 15 is 0 Å². The van der Waals surface area contributed by atoms with E-state index in [1.165, 1.54) is 13.0 Å². The number of cyclic esters (lactones) is 1. The first-order valence-electron chi connectivity index (χ1n) is 4.36. The van der Waals surface area contributed by atoms with Gasteiger partial charge in [-0.1, -0.05) is 0 Å². The van der Waals surface area contributed by atoms with Crippen molar-refractivity contribution < 1.29 is 19.7 Å². The van der Waals surface area contributed by atoms with E-state index in [1.54, 1.807) is 6.92 Å². The van der Waals surface area contributed by atoms with Crippen molar-refractivity contribution in [3.8, 4) is 0 Å². The third-order valence-corrected chi connectivity index (χ3v) is 2.29. The monoisotopic (exact) mass is 220 g/mol. The maximum Gasteiger partial charge on any atom is 0.337 e. The standard InChI is InChI=1S/C9H13ClO4/c1-4(10)8(12)6-3-7(5(2)11)14-9(6)13/h3-5,7-8,11-12H,1-2H3.